The summed E-state index contributed by atoms with van der Waals surface area (Å²) < 4.78 is 65.3. The van der Waals surface area contributed by atoms with Crippen LogP contribution in [0.4, 0.5) is 0 Å². The molecule has 63 heavy (non-hydrogen) atoms. The lowest BCUT2D eigenvalue weighted by Crippen LogP contribution is -2.05. The molecule has 6 nitrogen and oxygen atoms in total. The average Bonchev–Trinajstić information content (AvgIpc) is 4.07. The zero-order valence-electron chi connectivity index (χ0n) is 39.4. The van der Waals surface area contributed by atoms with Crippen LogP contribution in [0.15, 0.2) is 217 Å². The number of fused-ring (bicyclic) bond motifs is 9. The quantitative estimate of drug-likeness (QED) is 0.168. The Morgan fingerprint density at radius 3 is 1.79 bits per heavy atom. The summed E-state index contributed by atoms with van der Waals surface area (Å²) in [6.07, 6.45) is 0. The van der Waals surface area contributed by atoms with E-state index >= 15 is 0 Å². The predicted molar refractivity (Wildman–Crippen MR) is 258 cm³/mol. The van der Waals surface area contributed by atoms with Crippen molar-refractivity contribution < 1.29 is 12.6 Å². The van der Waals surface area contributed by atoms with Gasteiger partial charge in [0.2, 0.25) is 0 Å². The van der Waals surface area contributed by atoms with Crippen molar-refractivity contribution in [3.8, 4) is 56.7 Å². The fourth-order valence-corrected chi connectivity index (χ4v) is 9.18. The molecule has 13 rings (SSSR count). The number of furan rings is 1. The minimum Gasteiger partial charge on any atom is -0.455 e. The second kappa shape index (κ2) is 14.0. The van der Waals surface area contributed by atoms with Crippen LogP contribution in [0.3, 0.4) is 0 Å². The van der Waals surface area contributed by atoms with E-state index in [4.69, 9.17) is 22.1 Å². The third kappa shape index (κ3) is 5.48. The van der Waals surface area contributed by atoms with Crippen LogP contribution in [0.5, 0.6) is 0 Å². The SMILES string of the molecule is [2H]c1cc([2H])c2c(c1[2H])c1c([2H])c([2H])cc([2H])c1n2-c1cc(-c2cccc3c2oc2ccccc23)ccc1-c1nc(-c2ccccc2)nc(-c2cccc3c4ccccc4n(-c4ccccc4)c23)n1. The monoisotopic (exact) mass is 811 g/mol. The molecule has 0 aliphatic rings. The Bertz CT molecular complexity index is 4210. The minimum absolute atomic E-state index is 0.0787. The maximum atomic E-state index is 9.44. The van der Waals surface area contributed by atoms with Crippen molar-refractivity contribution in [1.82, 2.24) is 24.1 Å². The van der Waals surface area contributed by atoms with Gasteiger partial charge in [-0.3, -0.25) is 0 Å². The Kier molecular flexibility index (Phi) is 6.56. The van der Waals surface area contributed by atoms with Gasteiger partial charge >= 0.3 is 0 Å². The molecule has 0 saturated heterocycles. The van der Waals surface area contributed by atoms with Crippen molar-refractivity contribution in [1.29, 1.82) is 0 Å². The topological polar surface area (TPSA) is 61.7 Å². The van der Waals surface area contributed by atoms with Crippen LogP contribution >= 0.6 is 0 Å². The minimum atomic E-state index is -0.205. The highest BCUT2D eigenvalue weighted by molar-refractivity contribution is 6.14. The molecule has 0 atom stereocenters. The van der Waals surface area contributed by atoms with Crippen LogP contribution in [0.1, 0.15) is 8.22 Å². The molecule has 0 fully saturated rings. The first kappa shape index (κ1) is 29.6. The van der Waals surface area contributed by atoms with E-state index in [2.05, 4.69) is 34.9 Å². The van der Waals surface area contributed by atoms with Gasteiger partial charge in [0.1, 0.15) is 11.2 Å². The first-order valence-corrected chi connectivity index (χ1v) is 20.7. The van der Waals surface area contributed by atoms with Gasteiger partial charge < -0.3 is 13.6 Å². The third-order valence-electron chi connectivity index (χ3n) is 11.9. The molecule has 0 unspecified atom stereocenters. The Labute approximate surface area is 370 Å². The number of para-hydroxylation sites is 7. The van der Waals surface area contributed by atoms with Gasteiger partial charge in [-0.2, -0.15) is 0 Å². The van der Waals surface area contributed by atoms with E-state index in [1.54, 1.807) is 4.57 Å². The normalized spacial score (nSPS) is 13.1. The third-order valence-corrected chi connectivity index (χ3v) is 11.9. The predicted octanol–water partition coefficient (Wildman–Crippen LogP) is 14.6. The van der Waals surface area contributed by atoms with Gasteiger partial charge in [0.15, 0.2) is 17.5 Å². The van der Waals surface area contributed by atoms with E-state index in [1.807, 2.05) is 133 Å². The lowest BCUT2D eigenvalue weighted by molar-refractivity contribution is 0.670. The first-order chi connectivity index (χ1) is 33.7. The standard InChI is InChI=1S/C57H35N5O/c1-3-17-36(18-4-1)55-58-56(60-57(59-55)47-28-16-26-44-42-23-9-11-29-48(42)61(53(44)47)38-19-5-2-6-20-38)46-34-33-37(39-25-15-27-45-43-24-10-14-32-52(43)63-54(39)45)35-51(46)62-49-30-12-7-21-40(49)41-22-8-13-31-50(41)62/h1-35H/i7D,8D,21D,22D,30D,31D. The number of hydrogen-bond acceptors (Lipinski definition) is 4. The van der Waals surface area contributed by atoms with Crippen LogP contribution in [-0.4, -0.2) is 24.1 Å². The van der Waals surface area contributed by atoms with Crippen LogP contribution in [0.2, 0.25) is 0 Å². The van der Waals surface area contributed by atoms with Crippen LogP contribution in [0.25, 0.3) is 122 Å². The number of rotatable bonds is 6. The molecule has 6 heteroatoms. The molecule has 4 aromatic heterocycles. The molecule has 4 heterocycles. The lowest BCUT2D eigenvalue weighted by atomic mass is 9.99. The van der Waals surface area contributed by atoms with Gasteiger partial charge in [-0.25, -0.2) is 15.0 Å². The van der Waals surface area contributed by atoms with Gasteiger partial charge in [0.05, 0.1) is 36.0 Å². The van der Waals surface area contributed by atoms with Crippen molar-refractivity contribution in [3.05, 3.63) is 212 Å². The van der Waals surface area contributed by atoms with Crippen molar-refractivity contribution in [2.24, 2.45) is 0 Å². The number of hydrogen-bond donors (Lipinski definition) is 0. The smallest absolute Gasteiger partial charge is 0.166 e. The van der Waals surface area contributed by atoms with Crippen molar-refractivity contribution >= 4 is 65.6 Å². The molecule has 0 amide bonds. The highest BCUT2D eigenvalue weighted by atomic mass is 16.3. The summed E-state index contributed by atoms with van der Waals surface area (Å²) in [6, 6.07) is 55.8. The van der Waals surface area contributed by atoms with Crippen LogP contribution in [-0.2, 0) is 0 Å². The zero-order valence-corrected chi connectivity index (χ0v) is 33.4. The van der Waals surface area contributed by atoms with Gasteiger partial charge in [-0.15, -0.1) is 0 Å². The molecule has 0 aliphatic carbocycles. The van der Waals surface area contributed by atoms with Crippen molar-refractivity contribution in [2.45, 2.75) is 0 Å². The second-order valence-electron chi connectivity index (χ2n) is 15.5. The fourth-order valence-electron chi connectivity index (χ4n) is 9.18. The molecule has 0 radical (unpaired) electrons. The van der Waals surface area contributed by atoms with Gasteiger partial charge in [-0.05, 0) is 60.1 Å². The summed E-state index contributed by atoms with van der Waals surface area (Å²) in [4.78, 5) is 15.8. The van der Waals surface area contributed by atoms with Gasteiger partial charge in [0.25, 0.3) is 0 Å². The van der Waals surface area contributed by atoms with Crippen molar-refractivity contribution in [3.63, 3.8) is 0 Å². The number of benzene rings is 9. The van der Waals surface area contributed by atoms with E-state index in [0.717, 1.165) is 66.1 Å². The maximum Gasteiger partial charge on any atom is 0.166 e. The summed E-state index contributed by atoms with van der Waals surface area (Å²) >= 11 is 0. The molecule has 0 N–H and O–H groups in total. The van der Waals surface area contributed by atoms with E-state index in [0.29, 0.717) is 34.3 Å². The van der Waals surface area contributed by atoms with Crippen LogP contribution in [0, 0.1) is 0 Å². The maximum absolute atomic E-state index is 9.44. The molecule has 0 bridgehead atoms. The Morgan fingerprint density at radius 1 is 0.397 bits per heavy atom. The Morgan fingerprint density at radius 2 is 1.02 bits per heavy atom. The summed E-state index contributed by atoms with van der Waals surface area (Å²) in [5.74, 6) is 1.12. The molecule has 294 valence electrons. The summed E-state index contributed by atoms with van der Waals surface area (Å²) in [5, 5.41) is 4.30. The molecule has 9 aromatic carbocycles. The van der Waals surface area contributed by atoms with Gasteiger partial charge in [-0.1, -0.05) is 158 Å². The van der Waals surface area contributed by atoms with Gasteiger partial charge in [0, 0.05) is 60.3 Å². The second-order valence-corrected chi connectivity index (χ2v) is 15.5. The van der Waals surface area contributed by atoms with E-state index < -0.39 is 0 Å². The Hall–Kier alpha value is -8.61. The highest BCUT2D eigenvalue weighted by Gasteiger charge is 2.23. The molecular weight excluding hydrogens is 771 g/mol. The zero-order chi connectivity index (χ0) is 46.7. The molecule has 0 saturated carbocycles. The van der Waals surface area contributed by atoms with E-state index in [1.165, 1.54) is 12.1 Å². The number of aromatic nitrogens is 5. The molecule has 13 aromatic rings. The van der Waals surface area contributed by atoms with Crippen LogP contribution < -0.4 is 0 Å². The molecule has 0 spiro atoms. The fraction of sp³-hybridized carbons (Fsp3) is 0. The first-order valence-electron chi connectivity index (χ1n) is 23.7. The Balaban J connectivity index is 1.16. The summed E-state index contributed by atoms with van der Waals surface area (Å²) in [6.45, 7) is 0. The van der Waals surface area contributed by atoms with E-state index in [-0.39, 0.29) is 58.1 Å². The highest BCUT2D eigenvalue weighted by Crippen LogP contribution is 2.42. The lowest BCUT2D eigenvalue weighted by Gasteiger charge is -2.17. The average molecular weight is 812 g/mol. The van der Waals surface area contributed by atoms with Crippen molar-refractivity contribution in [2.75, 3.05) is 0 Å². The molecule has 0 aliphatic heterocycles. The van der Waals surface area contributed by atoms with E-state index in [9.17, 15) is 5.48 Å². The molecular formula is C57H35N5O. The summed E-state index contributed by atoms with van der Waals surface area (Å²) in [7, 11) is 0. The number of nitrogens with zero attached hydrogens (tertiary/aromatic N) is 5. The largest absolute Gasteiger partial charge is 0.455 e. The summed E-state index contributed by atoms with van der Waals surface area (Å²) in [5.41, 5.74) is 8.79.